The van der Waals surface area contributed by atoms with Gasteiger partial charge in [-0.2, -0.15) is 0 Å². The van der Waals surface area contributed by atoms with E-state index >= 15 is 0 Å². The fraction of sp³-hybridized carbons (Fsp3) is 0.154. The van der Waals surface area contributed by atoms with Gasteiger partial charge in [-0.25, -0.2) is 4.98 Å². The third-order valence-electron chi connectivity index (χ3n) is 5.59. The number of hydrogen-bond acceptors (Lipinski definition) is 4. The lowest BCUT2D eigenvalue weighted by Crippen LogP contribution is -2.31. The number of hydrogen-bond donors (Lipinski definition) is 0. The zero-order valence-corrected chi connectivity index (χ0v) is 17.8. The first kappa shape index (κ1) is 19.9. The van der Waals surface area contributed by atoms with Crippen LogP contribution >= 0.6 is 0 Å². The third-order valence-corrected chi connectivity index (χ3v) is 5.59. The Balaban J connectivity index is 1.51. The predicted octanol–water partition coefficient (Wildman–Crippen LogP) is 4.66. The summed E-state index contributed by atoms with van der Waals surface area (Å²) >= 11 is 0. The normalized spacial score (nSPS) is 12.0. The summed E-state index contributed by atoms with van der Waals surface area (Å²) < 4.78 is 12.9. The summed E-state index contributed by atoms with van der Waals surface area (Å²) in [6, 6.07) is 23.5. The Morgan fingerprint density at radius 2 is 1.75 bits per heavy atom. The van der Waals surface area contributed by atoms with Crippen LogP contribution in [0.1, 0.15) is 21.7 Å². The van der Waals surface area contributed by atoms with Gasteiger partial charge in [0.25, 0.3) is 5.91 Å². The lowest BCUT2D eigenvalue weighted by molar-refractivity contribution is 0.0724. The van der Waals surface area contributed by atoms with Gasteiger partial charge in [0.15, 0.2) is 11.5 Å². The fourth-order valence-corrected chi connectivity index (χ4v) is 3.89. The zero-order valence-electron chi connectivity index (χ0n) is 17.8. The van der Waals surface area contributed by atoms with Gasteiger partial charge in [0, 0.05) is 31.5 Å². The Labute approximate surface area is 186 Å². The monoisotopic (exact) mass is 425 g/mol. The molecule has 0 atom stereocenters. The van der Waals surface area contributed by atoms with Crippen molar-refractivity contribution in [3.05, 3.63) is 102 Å². The molecule has 1 aromatic heterocycles. The summed E-state index contributed by atoms with van der Waals surface area (Å²) in [7, 11) is 1.93. The molecule has 0 spiro atoms. The largest absolute Gasteiger partial charge is 0.454 e. The molecule has 5 rings (SSSR count). The van der Waals surface area contributed by atoms with Crippen molar-refractivity contribution in [1.82, 2.24) is 14.5 Å². The second-order valence-corrected chi connectivity index (χ2v) is 7.71. The van der Waals surface area contributed by atoms with Crippen LogP contribution in [0.5, 0.6) is 11.5 Å². The molecule has 0 saturated carbocycles. The van der Waals surface area contributed by atoms with Crippen LogP contribution in [0.25, 0.3) is 11.1 Å². The van der Waals surface area contributed by atoms with Gasteiger partial charge in [0.05, 0.1) is 6.54 Å². The first-order valence-corrected chi connectivity index (χ1v) is 10.5. The number of aromatic nitrogens is 2. The number of aryl methyl sites for hydroxylation is 1. The van der Waals surface area contributed by atoms with E-state index in [9.17, 15) is 4.79 Å². The van der Waals surface area contributed by atoms with Crippen molar-refractivity contribution in [2.24, 2.45) is 7.05 Å². The van der Waals surface area contributed by atoms with Crippen LogP contribution in [0.3, 0.4) is 0 Å². The summed E-state index contributed by atoms with van der Waals surface area (Å²) in [6.45, 7) is 1.03. The molecule has 0 N–H and O–H groups in total. The Morgan fingerprint density at radius 3 is 2.56 bits per heavy atom. The number of ether oxygens (including phenoxy) is 2. The van der Waals surface area contributed by atoms with Gasteiger partial charge in [-0.3, -0.25) is 4.79 Å². The Morgan fingerprint density at radius 1 is 0.969 bits per heavy atom. The van der Waals surface area contributed by atoms with E-state index < -0.39 is 0 Å². The third kappa shape index (κ3) is 3.95. The molecule has 6 nitrogen and oxygen atoms in total. The van der Waals surface area contributed by atoms with Gasteiger partial charge in [-0.05, 0) is 34.9 Å². The summed E-state index contributed by atoms with van der Waals surface area (Å²) in [5.74, 6) is 2.20. The molecule has 1 amide bonds. The molecule has 0 saturated heterocycles. The number of carbonyl (C=O) groups excluding carboxylic acids is 1. The molecule has 32 heavy (non-hydrogen) atoms. The average Bonchev–Trinajstić information content (AvgIpc) is 3.47. The van der Waals surface area contributed by atoms with Gasteiger partial charge in [-0.15, -0.1) is 0 Å². The summed E-state index contributed by atoms with van der Waals surface area (Å²) in [6.07, 6.45) is 3.63. The van der Waals surface area contributed by atoms with Crippen LogP contribution in [-0.4, -0.2) is 27.2 Å². The lowest BCUT2D eigenvalue weighted by Gasteiger charge is -2.24. The molecule has 0 fully saturated rings. The first-order valence-electron chi connectivity index (χ1n) is 10.5. The highest BCUT2D eigenvalue weighted by Gasteiger charge is 2.22. The van der Waals surface area contributed by atoms with E-state index in [0.717, 1.165) is 28.3 Å². The quantitative estimate of drug-likeness (QED) is 0.451. The molecule has 160 valence electrons. The van der Waals surface area contributed by atoms with Crippen LogP contribution in [0.2, 0.25) is 0 Å². The molecular weight excluding hydrogens is 402 g/mol. The van der Waals surface area contributed by atoms with Crippen molar-refractivity contribution in [2.75, 3.05) is 6.79 Å². The highest BCUT2D eigenvalue weighted by atomic mass is 16.7. The van der Waals surface area contributed by atoms with Gasteiger partial charge < -0.3 is 18.9 Å². The molecule has 4 aromatic rings. The number of carbonyl (C=O) groups is 1. The summed E-state index contributed by atoms with van der Waals surface area (Å²) in [5.41, 5.74) is 3.55. The molecule has 0 radical (unpaired) electrons. The number of nitrogens with zero attached hydrogens (tertiary/aromatic N) is 3. The SMILES string of the molecule is Cn1ccnc1CN(Cc1ccc2c(c1)OCO2)C(=O)c1ccccc1-c1ccccc1. The highest BCUT2D eigenvalue weighted by molar-refractivity contribution is 6.00. The minimum Gasteiger partial charge on any atom is -0.454 e. The molecule has 0 unspecified atom stereocenters. The van der Waals surface area contributed by atoms with Crippen LogP contribution < -0.4 is 9.47 Å². The maximum atomic E-state index is 13.8. The Kier molecular flexibility index (Phi) is 5.34. The van der Waals surface area contributed by atoms with Crippen molar-refractivity contribution >= 4 is 5.91 Å². The number of fused-ring (bicyclic) bond motifs is 1. The minimum absolute atomic E-state index is 0.0508. The van der Waals surface area contributed by atoms with E-state index in [4.69, 9.17) is 9.47 Å². The number of benzene rings is 3. The second kappa shape index (κ2) is 8.59. The molecule has 6 heteroatoms. The van der Waals surface area contributed by atoms with Crippen molar-refractivity contribution < 1.29 is 14.3 Å². The Hall–Kier alpha value is -4.06. The maximum Gasteiger partial charge on any atom is 0.255 e. The van der Waals surface area contributed by atoms with Crippen molar-refractivity contribution in [3.8, 4) is 22.6 Å². The van der Waals surface area contributed by atoms with Crippen molar-refractivity contribution in [3.63, 3.8) is 0 Å². The van der Waals surface area contributed by atoms with E-state index in [0.29, 0.717) is 24.4 Å². The number of rotatable bonds is 6. The second-order valence-electron chi connectivity index (χ2n) is 7.71. The molecule has 1 aliphatic rings. The van der Waals surface area contributed by atoms with E-state index in [1.807, 2.05) is 95.5 Å². The van der Waals surface area contributed by atoms with E-state index in [1.54, 1.807) is 6.20 Å². The first-order chi connectivity index (χ1) is 15.7. The van der Waals surface area contributed by atoms with Crippen molar-refractivity contribution in [1.29, 1.82) is 0 Å². The molecule has 0 bridgehead atoms. The van der Waals surface area contributed by atoms with Crippen molar-refractivity contribution in [2.45, 2.75) is 13.1 Å². The van der Waals surface area contributed by atoms with E-state index in [-0.39, 0.29) is 12.7 Å². The molecule has 3 aromatic carbocycles. The molecule has 2 heterocycles. The summed E-state index contributed by atoms with van der Waals surface area (Å²) in [4.78, 5) is 20.1. The molecular formula is C26H23N3O3. The Bertz CT molecular complexity index is 1250. The zero-order chi connectivity index (χ0) is 21.9. The fourth-order valence-electron chi connectivity index (χ4n) is 3.89. The van der Waals surface area contributed by atoms with Gasteiger partial charge in [0.2, 0.25) is 6.79 Å². The van der Waals surface area contributed by atoms with Gasteiger partial charge in [-0.1, -0.05) is 54.6 Å². The van der Waals surface area contributed by atoms with Crippen LogP contribution in [0, 0.1) is 0 Å². The molecule has 1 aliphatic heterocycles. The lowest BCUT2D eigenvalue weighted by atomic mass is 9.98. The van der Waals surface area contributed by atoms with Crippen LogP contribution in [0.15, 0.2) is 85.2 Å². The average molecular weight is 425 g/mol. The van der Waals surface area contributed by atoms with Crippen LogP contribution in [0.4, 0.5) is 0 Å². The van der Waals surface area contributed by atoms with E-state index in [2.05, 4.69) is 4.98 Å². The standard InChI is InChI=1S/C26H23N3O3/c1-28-14-13-27-25(28)17-29(16-19-11-12-23-24(15-19)32-18-31-23)26(30)22-10-6-5-9-21(22)20-7-3-2-4-8-20/h2-15H,16-18H2,1H3. The minimum atomic E-state index is -0.0508. The topological polar surface area (TPSA) is 56.6 Å². The molecule has 0 aliphatic carbocycles. The number of amides is 1. The van der Waals surface area contributed by atoms with Gasteiger partial charge >= 0.3 is 0 Å². The van der Waals surface area contributed by atoms with Gasteiger partial charge in [0.1, 0.15) is 5.82 Å². The highest BCUT2D eigenvalue weighted by Crippen LogP contribution is 2.33. The number of imidazole rings is 1. The maximum absolute atomic E-state index is 13.8. The smallest absolute Gasteiger partial charge is 0.255 e. The van der Waals surface area contributed by atoms with E-state index in [1.165, 1.54) is 0 Å². The predicted molar refractivity (Wildman–Crippen MR) is 121 cm³/mol. The summed E-state index contributed by atoms with van der Waals surface area (Å²) in [5, 5.41) is 0. The van der Waals surface area contributed by atoms with Crippen LogP contribution in [-0.2, 0) is 20.1 Å².